The average molecular weight is 520 g/mol. The standard InChI is InChI=1S/C27H33.2ClH.Zr/c1-2-3-4-6-10-21-19-25-13-9-14-26(27(25)20-21)24-17-15-23(16-18-24)22-11-7-5-8-12-22;;;/h9,13-20,22H,2-8,10-12H2,1H3;2*1H;/q-1;;;+3/p-2. The third-order valence-corrected chi connectivity index (χ3v) is 6.43. The van der Waals surface area contributed by atoms with E-state index in [9.17, 15) is 0 Å². The Bertz CT molecular complexity index is 860. The topological polar surface area (TPSA) is 0 Å². The van der Waals surface area contributed by atoms with Gasteiger partial charge in [0.25, 0.3) is 0 Å². The van der Waals surface area contributed by atoms with Crippen molar-refractivity contribution in [3.63, 3.8) is 0 Å². The minimum atomic E-state index is 0. The first-order valence-corrected chi connectivity index (χ1v) is 11.1. The minimum absolute atomic E-state index is 0. The summed E-state index contributed by atoms with van der Waals surface area (Å²) in [6, 6.07) is 21.1. The van der Waals surface area contributed by atoms with Gasteiger partial charge in [0.2, 0.25) is 0 Å². The van der Waals surface area contributed by atoms with Crippen LogP contribution in [-0.2, 0) is 32.6 Å². The van der Waals surface area contributed by atoms with Crippen molar-refractivity contribution in [2.45, 2.75) is 77.0 Å². The van der Waals surface area contributed by atoms with Crippen molar-refractivity contribution in [3.8, 4) is 11.1 Å². The van der Waals surface area contributed by atoms with Gasteiger partial charge in [0, 0.05) is 0 Å². The fraction of sp³-hybridized carbons (Fsp3) is 0.444. The Kier molecular flexibility index (Phi) is 12.7. The normalized spacial score (nSPS) is 13.9. The van der Waals surface area contributed by atoms with Crippen LogP contribution in [-0.4, -0.2) is 0 Å². The fourth-order valence-electron chi connectivity index (χ4n) is 4.82. The Morgan fingerprint density at radius 1 is 0.867 bits per heavy atom. The Morgan fingerprint density at radius 2 is 1.60 bits per heavy atom. The van der Waals surface area contributed by atoms with E-state index in [1.165, 1.54) is 91.7 Å². The molecule has 1 aliphatic carbocycles. The molecular formula is C27H33Cl2Zr. The van der Waals surface area contributed by atoms with Gasteiger partial charge in [-0.1, -0.05) is 87.8 Å². The van der Waals surface area contributed by atoms with Crippen LogP contribution in [0.3, 0.4) is 0 Å². The molecule has 4 rings (SSSR count). The van der Waals surface area contributed by atoms with E-state index in [0.717, 1.165) is 5.92 Å². The van der Waals surface area contributed by atoms with E-state index in [1.54, 1.807) is 5.56 Å². The van der Waals surface area contributed by atoms with Crippen molar-refractivity contribution in [1.29, 1.82) is 0 Å². The average Bonchev–Trinajstić information content (AvgIpc) is 3.15. The molecule has 0 N–H and O–H groups in total. The summed E-state index contributed by atoms with van der Waals surface area (Å²) in [6.07, 6.45) is 13.5. The largest absolute Gasteiger partial charge is 3.00 e. The van der Waals surface area contributed by atoms with Crippen LogP contribution in [0.1, 0.15) is 81.8 Å². The van der Waals surface area contributed by atoms with Crippen molar-refractivity contribution < 1.29 is 51.0 Å². The molecule has 3 aromatic rings. The first-order chi connectivity index (χ1) is 13.3. The summed E-state index contributed by atoms with van der Waals surface area (Å²) >= 11 is 0. The number of fused-ring (bicyclic) bond motifs is 1. The Hall–Kier alpha value is -0.487. The Labute approximate surface area is 214 Å². The number of aryl methyl sites for hydroxylation is 1. The van der Waals surface area contributed by atoms with E-state index in [2.05, 4.69) is 61.5 Å². The SMILES string of the molecule is CCCCCCc1cc2c(-c3ccc(C4CCCCC4)cc3)cccc2[cH-]1.[Cl-].[Cl-].[Zr+3]. The van der Waals surface area contributed by atoms with Crippen molar-refractivity contribution in [2.24, 2.45) is 0 Å². The molecule has 0 bridgehead atoms. The van der Waals surface area contributed by atoms with Gasteiger partial charge in [-0.25, -0.2) is 0 Å². The zero-order chi connectivity index (χ0) is 18.5. The molecule has 0 heterocycles. The van der Waals surface area contributed by atoms with E-state index in [1.807, 2.05) is 0 Å². The second kappa shape index (κ2) is 13.8. The van der Waals surface area contributed by atoms with Gasteiger partial charge in [-0.2, -0.15) is 6.07 Å². The number of benzene rings is 2. The van der Waals surface area contributed by atoms with Crippen LogP contribution in [0.2, 0.25) is 0 Å². The van der Waals surface area contributed by atoms with Gasteiger partial charge in [0.15, 0.2) is 0 Å². The molecule has 0 atom stereocenters. The van der Waals surface area contributed by atoms with Gasteiger partial charge >= 0.3 is 26.2 Å². The quantitative estimate of drug-likeness (QED) is 0.332. The summed E-state index contributed by atoms with van der Waals surface area (Å²) in [5.74, 6) is 0.789. The number of unbranched alkanes of at least 4 members (excludes halogenated alkanes) is 3. The van der Waals surface area contributed by atoms with Crippen molar-refractivity contribution in [2.75, 3.05) is 0 Å². The maximum atomic E-state index is 2.44. The Balaban J connectivity index is 0.00000150. The molecule has 0 saturated heterocycles. The van der Waals surface area contributed by atoms with Crippen LogP contribution in [0.5, 0.6) is 0 Å². The molecule has 3 heteroatoms. The molecule has 1 fully saturated rings. The molecule has 1 radical (unpaired) electrons. The van der Waals surface area contributed by atoms with Gasteiger partial charge in [0.1, 0.15) is 0 Å². The third kappa shape index (κ3) is 6.75. The monoisotopic (exact) mass is 517 g/mol. The minimum Gasteiger partial charge on any atom is -1.00 e. The van der Waals surface area contributed by atoms with Crippen molar-refractivity contribution >= 4 is 10.8 Å². The van der Waals surface area contributed by atoms with Crippen LogP contribution in [0.4, 0.5) is 0 Å². The molecule has 0 spiro atoms. The van der Waals surface area contributed by atoms with Crippen LogP contribution < -0.4 is 24.8 Å². The Morgan fingerprint density at radius 3 is 2.30 bits per heavy atom. The predicted molar refractivity (Wildman–Crippen MR) is 119 cm³/mol. The summed E-state index contributed by atoms with van der Waals surface area (Å²) in [4.78, 5) is 0. The maximum absolute atomic E-state index is 2.44. The number of hydrogen-bond acceptors (Lipinski definition) is 0. The first kappa shape index (κ1) is 27.5. The second-order valence-corrected chi connectivity index (χ2v) is 8.44. The summed E-state index contributed by atoms with van der Waals surface area (Å²) < 4.78 is 0. The van der Waals surface area contributed by atoms with Gasteiger partial charge in [-0.05, 0) is 36.3 Å². The number of halogens is 2. The molecule has 30 heavy (non-hydrogen) atoms. The molecule has 0 amide bonds. The second-order valence-electron chi connectivity index (χ2n) is 8.44. The fourth-order valence-corrected chi connectivity index (χ4v) is 4.82. The summed E-state index contributed by atoms with van der Waals surface area (Å²) in [7, 11) is 0. The summed E-state index contributed by atoms with van der Waals surface area (Å²) in [6.45, 7) is 2.28. The molecule has 3 aromatic carbocycles. The van der Waals surface area contributed by atoms with Crippen LogP contribution in [0.25, 0.3) is 21.9 Å². The predicted octanol–water partition coefficient (Wildman–Crippen LogP) is 2.40. The molecular weight excluding hydrogens is 486 g/mol. The van der Waals surface area contributed by atoms with Gasteiger partial charge in [-0.3, -0.25) is 0 Å². The first-order valence-electron chi connectivity index (χ1n) is 11.1. The van der Waals surface area contributed by atoms with Gasteiger partial charge in [-0.15, -0.1) is 34.5 Å². The van der Waals surface area contributed by atoms with Crippen molar-refractivity contribution in [3.05, 3.63) is 65.7 Å². The van der Waals surface area contributed by atoms with Crippen molar-refractivity contribution in [1.82, 2.24) is 0 Å². The van der Waals surface area contributed by atoms with E-state index in [-0.39, 0.29) is 51.0 Å². The van der Waals surface area contributed by atoms with Crippen LogP contribution in [0, 0.1) is 0 Å². The molecule has 0 nitrogen and oxygen atoms in total. The van der Waals surface area contributed by atoms with E-state index < -0.39 is 0 Å². The van der Waals surface area contributed by atoms with Crippen LogP contribution >= 0.6 is 0 Å². The number of hydrogen-bond donors (Lipinski definition) is 0. The van der Waals surface area contributed by atoms with E-state index in [0.29, 0.717) is 0 Å². The molecule has 0 aromatic heterocycles. The van der Waals surface area contributed by atoms with E-state index >= 15 is 0 Å². The smallest absolute Gasteiger partial charge is 1.00 e. The number of rotatable bonds is 7. The van der Waals surface area contributed by atoms with E-state index in [4.69, 9.17) is 0 Å². The van der Waals surface area contributed by atoms with Gasteiger partial charge in [0.05, 0.1) is 0 Å². The molecule has 0 unspecified atom stereocenters. The molecule has 159 valence electrons. The van der Waals surface area contributed by atoms with Crippen LogP contribution in [0.15, 0.2) is 54.6 Å². The summed E-state index contributed by atoms with van der Waals surface area (Å²) in [5, 5.41) is 2.82. The molecule has 1 saturated carbocycles. The molecule has 1 aliphatic rings. The molecule has 0 aliphatic heterocycles. The maximum Gasteiger partial charge on any atom is 3.00 e. The third-order valence-electron chi connectivity index (χ3n) is 6.43. The zero-order valence-electron chi connectivity index (χ0n) is 18.1. The zero-order valence-corrected chi connectivity index (χ0v) is 22.1. The van der Waals surface area contributed by atoms with Gasteiger partial charge < -0.3 is 24.8 Å². The summed E-state index contributed by atoms with van der Waals surface area (Å²) in [5.41, 5.74) is 5.81.